The Morgan fingerprint density at radius 2 is 1.87 bits per heavy atom. The molecule has 82 valence electrons. The molecule has 0 aliphatic rings. The van der Waals surface area contributed by atoms with Gasteiger partial charge in [-0.05, 0) is 12.5 Å². The fraction of sp³-hybridized carbons (Fsp3) is 0.385. The van der Waals surface area contributed by atoms with Gasteiger partial charge in [-0.2, -0.15) is 0 Å². The highest BCUT2D eigenvalue weighted by atomic mass is 28.3. The van der Waals surface area contributed by atoms with Gasteiger partial charge in [-0.1, -0.05) is 54.2 Å². The van der Waals surface area contributed by atoms with Gasteiger partial charge >= 0.3 is 0 Å². The topological polar surface area (TPSA) is 20.2 Å². The Labute approximate surface area is 93.5 Å². The number of aliphatic hydroxyl groups excluding tert-OH is 1. The minimum Gasteiger partial charge on any atom is -0.396 e. The summed E-state index contributed by atoms with van der Waals surface area (Å²) in [6.07, 6.45) is 0.739. The smallest absolute Gasteiger partial charge is 0.0845 e. The number of aliphatic hydroxyl groups is 1. The second-order valence-electron chi connectivity index (χ2n) is 4.65. The second-order valence-corrected chi connectivity index (χ2v) is 9.35. The first-order chi connectivity index (χ1) is 7.06. The molecule has 1 aromatic carbocycles. The maximum absolute atomic E-state index is 8.86. The van der Waals surface area contributed by atoms with Gasteiger partial charge in [0.05, 0.1) is 8.07 Å². The fourth-order valence-electron chi connectivity index (χ4n) is 1.86. The first-order valence-electron chi connectivity index (χ1n) is 5.39. The van der Waals surface area contributed by atoms with Crippen LogP contribution in [0.5, 0.6) is 0 Å². The highest BCUT2D eigenvalue weighted by molar-refractivity contribution is 6.90. The third kappa shape index (κ3) is 3.65. The van der Waals surface area contributed by atoms with Crippen LogP contribution in [0.15, 0.2) is 42.5 Å². The SMILES string of the molecule is C=C(CCO)C[Si](C)(C)c1ccccc1. The molecule has 0 spiro atoms. The molecule has 0 aliphatic carbocycles. The van der Waals surface area contributed by atoms with Gasteiger partial charge in [0.15, 0.2) is 0 Å². The Morgan fingerprint density at radius 1 is 1.27 bits per heavy atom. The van der Waals surface area contributed by atoms with Crippen molar-refractivity contribution in [3.63, 3.8) is 0 Å². The fourth-order valence-corrected chi connectivity index (χ4v) is 4.59. The van der Waals surface area contributed by atoms with Gasteiger partial charge in [0.1, 0.15) is 0 Å². The number of benzene rings is 1. The Hall–Kier alpha value is -0.863. The minimum atomic E-state index is -1.39. The standard InChI is InChI=1S/C13H20OSi/c1-12(9-10-14)11-15(2,3)13-7-5-4-6-8-13/h4-8,14H,1,9-11H2,2-3H3. The minimum absolute atomic E-state index is 0.220. The van der Waals surface area contributed by atoms with E-state index < -0.39 is 8.07 Å². The lowest BCUT2D eigenvalue weighted by Crippen LogP contribution is -2.41. The molecule has 0 unspecified atom stereocenters. The lowest BCUT2D eigenvalue weighted by Gasteiger charge is -2.23. The maximum Gasteiger partial charge on any atom is 0.0845 e. The van der Waals surface area contributed by atoms with E-state index in [4.69, 9.17) is 5.11 Å². The largest absolute Gasteiger partial charge is 0.396 e. The van der Waals surface area contributed by atoms with E-state index in [0.717, 1.165) is 12.5 Å². The molecule has 0 radical (unpaired) electrons. The van der Waals surface area contributed by atoms with Crippen LogP contribution in [-0.2, 0) is 0 Å². The monoisotopic (exact) mass is 220 g/mol. The third-order valence-corrected chi connectivity index (χ3v) is 5.99. The van der Waals surface area contributed by atoms with Crippen LogP contribution in [0.3, 0.4) is 0 Å². The summed E-state index contributed by atoms with van der Waals surface area (Å²) in [6.45, 7) is 8.95. The average Bonchev–Trinajstić information content (AvgIpc) is 2.18. The van der Waals surface area contributed by atoms with Crippen molar-refractivity contribution in [2.45, 2.75) is 25.6 Å². The van der Waals surface area contributed by atoms with E-state index in [0.29, 0.717) is 0 Å². The molecular weight excluding hydrogens is 200 g/mol. The van der Waals surface area contributed by atoms with Crippen LogP contribution < -0.4 is 5.19 Å². The summed E-state index contributed by atoms with van der Waals surface area (Å²) < 4.78 is 0. The van der Waals surface area contributed by atoms with Crippen LogP contribution in [0.2, 0.25) is 19.1 Å². The molecular formula is C13H20OSi. The normalized spacial score (nSPS) is 11.4. The zero-order chi connectivity index (χ0) is 11.3. The van der Waals surface area contributed by atoms with Crippen LogP contribution in [0, 0.1) is 0 Å². The van der Waals surface area contributed by atoms with E-state index in [-0.39, 0.29) is 6.61 Å². The lowest BCUT2D eigenvalue weighted by atomic mass is 10.3. The summed E-state index contributed by atoms with van der Waals surface area (Å²) in [5.74, 6) is 0. The van der Waals surface area contributed by atoms with Crippen molar-refractivity contribution in [2.24, 2.45) is 0 Å². The van der Waals surface area contributed by atoms with E-state index in [1.54, 1.807) is 0 Å². The van der Waals surface area contributed by atoms with E-state index in [9.17, 15) is 0 Å². The summed E-state index contributed by atoms with van der Waals surface area (Å²) >= 11 is 0. The first-order valence-corrected chi connectivity index (χ1v) is 8.60. The molecule has 1 nitrogen and oxygen atoms in total. The molecule has 0 aromatic heterocycles. The van der Waals surface area contributed by atoms with E-state index in [1.807, 2.05) is 0 Å². The van der Waals surface area contributed by atoms with Crippen molar-refractivity contribution >= 4 is 13.3 Å². The van der Waals surface area contributed by atoms with Gasteiger partial charge in [-0.3, -0.25) is 0 Å². The van der Waals surface area contributed by atoms with Gasteiger partial charge in [0.2, 0.25) is 0 Å². The van der Waals surface area contributed by atoms with Crippen molar-refractivity contribution in [3.05, 3.63) is 42.5 Å². The quantitative estimate of drug-likeness (QED) is 0.597. The van der Waals surface area contributed by atoms with Gasteiger partial charge in [0.25, 0.3) is 0 Å². The molecule has 0 heterocycles. The highest BCUT2D eigenvalue weighted by Crippen LogP contribution is 2.17. The number of rotatable bonds is 5. The molecule has 1 rings (SSSR count). The van der Waals surface area contributed by atoms with Gasteiger partial charge in [-0.15, -0.1) is 6.58 Å². The Kier molecular flexibility index (Phi) is 4.30. The maximum atomic E-state index is 8.86. The van der Waals surface area contributed by atoms with Crippen molar-refractivity contribution in [2.75, 3.05) is 6.61 Å². The zero-order valence-corrected chi connectivity index (χ0v) is 10.7. The zero-order valence-electron chi connectivity index (χ0n) is 9.66. The molecule has 1 aromatic rings. The predicted octanol–water partition coefficient (Wildman–Crippen LogP) is 2.54. The highest BCUT2D eigenvalue weighted by Gasteiger charge is 2.23. The van der Waals surface area contributed by atoms with Crippen LogP contribution >= 0.6 is 0 Å². The van der Waals surface area contributed by atoms with E-state index >= 15 is 0 Å². The first kappa shape index (κ1) is 12.2. The lowest BCUT2D eigenvalue weighted by molar-refractivity contribution is 0.299. The van der Waals surface area contributed by atoms with E-state index in [1.165, 1.54) is 10.8 Å². The predicted molar refractivity (Wildman–Crippen MR) is 69.2 cm³/mol. The van der Waals surface area contributed by atoms with Crippen LogP contribution in [0.1, 0.15) is 6.42 Å². The summed E-state index contributed by atoms with van der Waals surface area (Å²) in [6, 6.07) is 11.7. The Morgan fingerprint density at radius 3 is 2.40 bits per heavy atom. The van der Waals surface area contributed by atoms with Crippen molar-refractivity contribution in [1.29, 1.82) is 0 Å². The molecule has 0 amide bonds. The van der Waals surface area contributed by atoms with Crippen LogP contribution in [0.4, 0.5) is 0 Å². The van der Waals surface area contributed by atoms with Crippen LogP contribution in [0.25, 0.3) is 0 Å². The molecule has 2 heteroatoms. The van der Waals surface area contributed by atoms with Crippen LogP contribution in [-0.4, -0.2) is 19.8 Å². The molecule has 0 fully saturated rings. The third-order valence-electron chi connectivity index (χ3n) is 2.71. The molecule has 0 saturated carbocycles. The Bertz CT molecular complexity index is 317. The average molecular weight is 220 g/mol. The van der Waals surface area contributed by atoms with Crippen molar-refractivity contribution in [3.8, 4) is 0 Å². The van der Waals surface area contributed by atoms with E-state index in [2.05, 4.69) is 50.0 Å². The molecule has 0 atom stereocenters. The molecule has 15 heavy (non-hydrogen) atoms. The van der Waals surface area contributed by atoms with Gasteiger partial charge in [-0.25, -0.2) is 0 Å². The molecule has 0 saturated heterocycles. The number of hydrogen-bond donors (Lipinski definition) is 1. The second kappa shape index (κ2) is 5.28. The van der Waals surface area contributed by atoms with Gasteiger partial charge < -0.3 is 5.11 Å². The summed E-state index contributed by atoms with van der Waals surface area (Å²) in [4.78, 5) is 0. The van der Waals surface area contributed by atoms with Gasteiger partial charge in [0, 0.05) is 6.61 Å². The number of hydrogen-bond acceptors (Lipinski definition) is 1. The molecule has 0 aliphatic heterocycles. The molecule has 1 N–H and O–H groups in total. The molecule has 0 bridgehead atoms. The Balaban J connectivity index is 2.71. The summed E-state index contributed by atoms with van der Waals surface area (Å²) in [5, 5.41) is 10.3. The van der Waals surface area contributed by atoms with Crippen molar-refractivity contribution in [1.82, 2.24) is 0 Å². The summed E-state index contributed by atoms with van der Waals surface area (Å²) in [7, 11) is -1.39. The summed E-state index contributed by atoms with van der Waals surface area (Å²) in [5.41, 5.74) is 1.18. The van der Waals surface area contributed by atoms with Crippen molar-refractivity contribution < 1.29 is 5.11 Å².